The standard InChI is InChI=1S/C24H20F2N6O2S.C5H11N/c1-33-24-30-19-15(22(31-24)32-7-5-28-6-8-32)10-14(12-4-9-34-11-12)17(18(19)26)13-2-3-16(25)21-20(13)29-23(27)35-21;1-6-4-2-3-5-6/h2-4,9-11,28H,5-8H2,1H3,(H2,27,29);2-5H2,1H3. The molecule has 0 amide bonds. The number of fused-ring (bicyclic) bond motifs is 2. The molecule has 2 aliphatic heterocycles. The first-order valence-corrected chi connectivity index (χ1v) is 14.4. The van der Waals surface area contributed by atoms with Gasteiger partial charge in [-0.3, -0.25) is 0 Å². The van der Waals surface area contributed by atoms with Crippen molar-refractivity contribution in [3.05, 3.63) is 48.4 Å². The molecule has 2 saturated heterocycles. The number of methoxy groups -OCH3 is 1. The van der Waals surface area contributed by atoms with Crippen LogP contribution >= 0.6 is 11.3 Å². The number of nitrogens with one attached hydrogen (secondary N) is 1. The monoisotopic (exact) mass is 579 g/mol. The highest BCUT2D eigenvalue weighted by Gasteiger charge is 2.26. The van der Waals surface area contributed by atoms with Crippen molar-refractivity contribution < 1.29 is 17.9 Å². The highest BCUT2D eigenvalue weighted by atomic mass is 32.1. The zero-order valence-electron chi connectivity index (χ0n) is 22.9. The number of furan rings is 1. The van der Waals surface area contributed by atoms with E-state index in [-0.39, 0.29) is 26.9 Å². The molecular formula is C29H31F2N7O2S. The van der Waals surface area contributed by atoms with Gasteiger partial charge in [0.15, 0.2) is 10.9 Å². The number of nitrogens with zero attached hydrogens (tertiary/aromatic N) is 5. The van der Waals surface area contributed by atoms with Crippen LogP contribution in [0.3, 0.4) is 0 Å². The van der Waals surface area contributed by atoms with E-state index in [1.54, 1.807) is 6.07 Å². The Morgan fingerprint density at radius 3 is 2.44 bits per heavy atom. The number of anilines is 2. The van der Waals surface area contributed by atoms with Crippen LogP contribution in [0.2, 0.25) is 0 Å². The first-order chi connectivity index (χ1) is 19.9. The lowest BCUT2D eigenvalue weighted by molar-refractivity contribution is 0.381. The predicted molar refractivity (Wildman–Crippen MR) is 159 cm³/mol. The molecule has 3 aromatic heterocycles. The third-order valence-corrected chi connectivity index (χ3v) is 8.33. The lowest BCUT2D eigenvalue weighted by atomic mass is 9.92. The van der Waals surface area contributed by atoms with Crippen LogP contribution in [0, 0.1) is 11.6 Å². The second-order valence-corrected chi connectivity index (χ2v) is 11.2. The minimum Gasteiger partial charge on any atom is -0.472 e. The summed E-state index contributed by atoms with van der Waals surface area (Å²) in [5.74, 6) is -0.463. The Kier molecular flexibility index (Phi) is 7.69. The van der Waals surface area contributed by atoms with Crippen molar-refractivity contribution in [2.45, 2.75) is 12.8 Å². The zero-order chi connectivity index (χ0) is 28.5. The summed E-state index contributed by atoms with van der Waals surface area (Å²) in [6, 6.07) is 6.47. The number of halogens is 2. The molecule has 0 spiro atoms. The van der Waals surface area contributed by atoms with Crippen LogP contribution < -0.4 is 20.7 Å². The number of aromatic nitrogens is 3. The molecule has 0 radical (unpaired) electrons. The van der Waals surface area contributed by atoms with Gasteiger partial charge in [0.2, 0.25) is 0 Å². The van der Waals surface area contributed by atoms with Gasteiger partial charge in [0.1, 0.15) is 17.2 Å². The number of thiazole rings is 1. The number of nitrogens with two attached hydrogens (primary N) is 1. The molecule has 7 rings (SSSR count). The minimum atomic E-state index is -0.588. The third kappa shape index (κ3) is 5.30. The fourth-order valence-corrected chi connectivity index (χ4v) is 6.14. The van der Waals surface area contributed by atoms with Gasteiger partial charge in [0.25, 0.3) is 0 Å². The Morgan fingerprint density at radius 1 is 1.00 bits per heavy atom. The predicted octanol–water partition coefficient (Wildman–Crippen LogP) is 5.16. The van der Waals surface area contributed by atoms with Crippen LogP contribution in [-0.2, 0) is 0 Å². The number of rotatable bonds is 4. The lowest BCUT2D eigenvalue weighted by Crippen LogP contribution is -2.44. The normalized spacial score (nSPS) is 15.9. The molecule has 2 fully saturated rings. The number of hydrogen-bond acceptors (Lipinski definition) is 10. The molecule has 0 unspecified atom stereocenters. The van der Waals surface area contributed by atoms with E-state index in [1.165, 1.54) is 57.7 Å². The van der Waals surface area contributed by atoms with E-state index in [1.807, 2.05) is 6.07 Å². The number of benzene rings is 2. The largest absolute Gasteiger partial charge is 0.472 e. The maximum Gasteiger partial charge on any atom is 0.318 e. The van der Waals surface area contributed by atoms with Gasteiger partial charge < -0.3 is 30.0 Å². The number of piperazine rings is 1. The molecule has 2 aliphatic rings. The quantitative estimate of drug-likeness (QED) is 0.299. The average molecular weight is 580 g/mol. The van der Waals surface area contributed by atoms with E-state index in [4.69, 9.17) is 14.9 Å². The van der Waals surface area contributed by atoms with Crippen molar-refractivity contribution in [2.24, 2.45) is 0 Å². The number of ether oxygens (including phenoxy) is 1. The lowest BCUT2D eigenvalue weighted by Gasteiger charge is -2.29. The second-order valence-electron chi connectivity index (χ2n) is 10.1. The third-order valence-electron chi connectivity index (χ3n) is 7.43. The van der Waals surface area contributed by atoms with Gasteiger partial charge in [0.05, 0.1) is 29.9 Å². The molecule has 9 nitrogen and oxygen atoms in total. The van der Waals surface area contributed by atoms with Crippen molar-refractivity contribution in [3.63, 3.8) is 0 Å². The minimum absolute atomic E-state index is 0.0640. The molecular weight excluding hydrogens is 548 g/mol. The van der Waals surface area contributed by atoms with Gasteiger partial charge in [-0.1, -0.05) is 11.3 Å². The van der Waals surface area contributed by atoms with Gasteiger partial charge in [-0.25, -0.2) is 13.8 Å². The van der Waals surface area contributed by atoms with Crippen LogP contribution in [-0.4, -0.2) is 73.3 Å². The van der Waals surface area contributed by atoms with E-state index in [0.29, 0.717) is 46.5 Å². The maximum atomic E-state index is 16.5. The topological polar surface area (TPSA) is 106 Å². The summed E-state index contributed by atoms with van der Waals surface area (Å²) in [5, 5.41) is 4.05. The zero-order valence-corrected chi connectivity index (χ0v) is 23.7. The molecule has 3 N–H and O–H groups in total. The fraction of sp³-hybridized carbons (Fsp3) is 0.345. The maximum absolute atomic E-state index is 16.5. The van der Waals surface area contributed by atoms with Crippen molar-refractivity contribution in [1.82, 2.24) is 25.2 Å². The number of hydrogen-bond donors (Lipinski definition) is 2. The summed E-state index contributed by atoms with van der Waals surface area (Å²) in [7, 11) is 3.62. The Bertz CT molecular complexity index is 1680. The van der Waals surface area contributed by atoms with E-state index >= 15 is 4.39 Å². The van der Waals surface area contributed by atoms with Crippen LogP contribution in [0.25, 0.3) is 43.4 Å². The summed E-state index contributed by atoms with van der Waals surface area (Å²) in [4.78, 5) is 17.7. The van der Waals surface area contributed by atoms with Crippen LogP contribution in [0.4, 0.5) is 19.7 Å². The summed E-state index contributed by atoms with van der Waals surface area (Å²) in [6.07, 6.45) is 5.88. The van der Waals surface area contributed by atoms with Crippen molar-refractivity contribution in [2.75, 3.05) is 64.1 Å². The summed E-state index contributed by atoms with van der Waals surface area (Å²) < 4.78 is 42.0. The molecule has 2 aromatic carbocycles. The SMILES string of the molecule is CN1CCCC1.COc1nc(N2CCNCC2)c2cc(-c3ccoc3)c(-c3ccc(F)c4sc(N)nc34)c(F)c2n1. The molecule has 0 aliphatic carbocycles. The summed E-state index contributed by atoms with van der Waals surface area (Å²) in [6.45, 7) is 5.61. The van der Waals surface area contributed by atoms with E-state index in [2.05, 4.69) is 37.1 Å². The first kappa shape index (κ1) is 27.3. The molecule has 5 heterocycles. The molecule has 0 bridgehead atoms. The summed E-state index contributed by atoms with van der Waals surface area (Å²) in [5.41, 5.74) is 8.13. The van der Waals surface area contributed by atoms with E-state index in [9.17, 15) is 4.39 Å². The molecule has 0 saturated carbocycles. The Morgan fingerprint density at radius 2 is 1.78 bits per heavy atom. The average Bonchev–Trinajstić information content (AvgIpc) is 3.77. The highest BCUT2D eigenvalue weighted by Crippen LogP contribution is 2.44. The van der Waals surface area contributed by atoms with Crippen molar-refractivity contribution in [1.29, 1.82) is 0 Å². The number of nitrogen functional groups attached to an aromatic ring is 1. The Balaban J connectivity index is 0.000000449. The van der Waals surface area contributed by atoms with Crippen molar-refractivity contribution >= 4 is 43.4 Å². The molecule has 41 heavy (non-hydrogen) atoms. The van der Waals surface area contributed by atoms with E-state index < -0.39 is 11.6 Å². The molecule has 12 heteroatoms. The van der Waals surface area contributed by atoms with Crippen LogP contribution in [0.5, 0.6) is 6.01 Å². The van der Waals surface area contributed by atoms with Gasteiger partial charge in [-0.15, -0.1) is 0 Å². The van der Waals surface area contributed by atoms with Gasteiger partial charge in [-0.2, -0.15) is 9.97 Å². The van der Waals surface area contributed by atoms with Gasteiger partial charge in [-0.05, 0) is 62.8 Å². The smallest absolute Gasteiger partial charge is 0.318 e. The molecule has 5 aromatic rings. The Hall–Kier alpha value is -3.87. The van der Waals surface area contributed by atoms with E-state index in [0.717, 1.165) is 24.4 Å². The van der Waals surface area contributed by atoms with Gasteiger partial charge in [0, 0.05) is 48.3 Å². The Labute approximate surface area is 240 Å². The van der Waals surface area contributed by atoms with Crippen LogP contribution in [0.1, 0.15) is 12.8 Å². The van der Waals surface area contributed by atoms with Gasteiger partial charge >= 0.3 is 6.01 Å². The summed E-state index contributed by atoms with van der Waals surface area (Å²) >= 11 is 1.02. The molecule has 214 valence electrons. The fourth-order valence-electron chi connectivity index (χ4n) is 5.38. The highest BCUT2D eigenvalue weighted by molar-refractivity contribution is 7.22. The van der Waals surface area contributed by atoms with Crippen LogP contribution in [0.15, 0.2) is 41.2 Å². The number of likely N-dealkylation sites (tertiary alicyclic amines) is 1. The second kappa shape index (κ2) is 11.6. The molecule has 0 atom stereocenters. The van der Waals surface area contributed by atoms with Crippen molar-refractivity contribution in [3.8, 4) is 28.3 Å². The first-order valence-electron chi connectivity index (χ1n) is 13.5.